The van der Waals surface area contributed by atoms with Gasteiger partial charge in [-0.2, -0.15) is 13.2 Å². The van der Waals surface area contributed by atoms with E-state index in [0.717, 1.165) is 0 Å². The number of fused-ring (bicyclic) bond motifs is 1. The Morgan fingerprint density at radius 1 is 1.26 bits per heavy atom. The van der Waals surface area contributed by atoms with Crippen LogP contribution in [0.25, 0.3) is 11.0 Å². The number of nitrogens with two attached hydrogens (primary N) is 1. The molecule has 0 spiro atoms. The molecule has 0 unspecified atom stereocenters. The SMILES string of the molecule is NCCOc1ccc2c(C(F)(F)F)cc(=O)oc2c1. The molecule has 0 saturated heterocycles. The van der Waals surface area contributed by atoms with Gasteiger partial charge < -0.3 is 14.9 Å². The molecule has 1 aromatic heterocycles. The Hall–Kier alpha value is -2.02. The van der Waals surface area contributed by atoms with Gasteiger partial charge in [0.1, 0.15) is 17.9 Å². The molecule has 0 fully saturated rings. The van der Waals surface area contributed by atoms with E-state index in [0.29, 0.717) is 11.8 Å². The number of rotatable bonds is 3. The molecule has 19 heavy (non-hydrogen) atoms. The molecule has 2 aromatic rings. The molecule has 4 nitrogen and oxygen atoms in total. The molecule has 0 aliphatic carbocycles. The Morgan fingerprint density at radius 3 is 2.63 bits per heavy atom. The average Bonchev–Trinajstić information content (AvgIpc) is 2.33. The predicted molar refractivity (Wildman–Crippen MR) is 62.0 cm³/mol. The van der Waals surface area contributed by atoms with E-state index in [9.17, 15) is 18.0 Å². The number of ether oxygens (including phenoxy) is 1. The summed E-state index contributed by atoms with van der Waals surface area (Å²) in [4.78, 5) is 11.1. The molecule has 0 aliphatic heterocycles. The van der Waals surface area contributed by atoms with Crippen LogP contribution in [0, 0.1) is 0 Å². The first-order chi connectivity index (χ1) is 8.91. The molecule has 0 bridgehead atoms. The van der Waals surface area contributed by atoms with E-state index in [4.69, 9.17) is 14.9 Å². The van der Waals surface area contributed by atoms with Gasteiger partial charge in [-0.15, -0.1) is 0 Å². The third-order valence-electron chi connectivity index (χ3n) is 2.41. The second kappa shape index (κ2) is 4.93. The lowest BCUT2D eigenvalue weighted by atomic mass is 10.1. The molecular formula is C12H10F3NO3. The third-order valence-corrected chi connectivity index (χ3v) is 2.41. The molecule has 7 heteroatoms. The molecule has 1 heterocycles. The maximum atomic E-state index is 12.8. The van der Waals surface area contributed by atoms with Crippen molar-refractivity contribution in [2.24, 2.45) is 5.73 Å². The van der Waals surface area contributed by atoms with Gasteiger partial charge in [0.2, 0.25) is 0 Å². The summed E-state index contributed by atoms with van der Waals surface area (Å²) in [6, 6.07) is 4.24. The van der Waals surface area contributed by atoms with Crippen LogP contribution in [0.4, 0.5) is 13.2 Å². The van der Waals surface area contributed by atoms with E-state index in [1.807, 2.05) is 0 Å². The van der Waals surface area contributed by atoms with Crippen LogP contribution in [0.1, 0.15) is 5.56 Å². The van der Waals surface area contributed by atoms with Gasteiger partial charge in [0.25, 0.3) is 0 Å². The minimum absolute atomic E-state index is 0.172. The van der Waals surface area contributed by atoms with Gasteiger partial charge in [0, 0.05) is 24.1 Å². The van der Waals surface area contributed by atoms with Crippen LogP contribution in [0.3, 0.4) is 0 Å². The summed E-state index contributed by atoms with van der Waals surface area (Å²) in [6.45, 7) is 0.485. The van der Waals surface area contributed by atoms with Crippen molar-refractivity contribution in [1.82, 2.24) is 0 Å². The molecular weight excluding hydrogens is 263 g/mol. The quantitative estimate of drug-likeness (QED) is 0.870. The highest BCUT2D eigenvalue weighted by atomic mass is 19.4. The van der Waals surface area contributed by atoms with Gasteiger partial charge in [-0.25, -0.2) is 4.79 Å². The van der Waals surface area contributed by atoms with E-state index in [-0.39, 0.29) is 24.1 Å². The molecule has 0 aliphatic rings. The van der Waals surface area contributed by atoms with Crippen molar-refractivity contribution in [3.8, 4) is 5.75 Å². The summed E-state index contributed by atoms with van der Waals surface area (Å²) in [5, 5.41) is -0.188. The lowest BCUT2D eigenvalue weighted by Crippen LogP contribution is -2.12. The molecule has 2 rings (SSSR count). The van der Waals surface area contributed by atoms with Gasteiger partial charge >= 0.3 is 11.8 Å². The zero-order valence-electron chi connectivity index (χ0n) is 9.66. The normalized spacial score (nSPS) is 11.8. The van der Waals surface area contributed by atoms with Gasteiger partial charge in [-0.05, 0) is 12.1 Å². The fourth-order valence-electron chi connectivity index (χ4n) is 1.64. The fraction of sp³-hybridized carbons (Fsp3) is 0.250. The number of hydrogen-bond acceptors (Lipinski definition) is 4. The van der Waals surface area contributed by atoms with Crippen LogP contribution in [0.2, 0.25) is 0 Å². The molecule has 0 saturated carbocycles. The number of alkyl halides is 3. The monoisotopic (exact) mass is 273 g/mol. The topological polar surface area (TPSA) is 65.5 Å². The van der Waals surface area contributed by atoms with E-state index in [2.05, 4.69) is 0 Å². The summed E-state index contributed by atoms with van der Waals surface area (Å²) in [6.07, 6.45) is -4.62. The average molecular weight is 273 g/mol. The Labute approximate surface area is 105 Å². The van der Waals surface area contributed by atoms with Crippen molar-refractivity contribution in [1.29, 1.82) is 0 Å². The van der Waals surface area contributed by atoms with Gasteiger partial charge in [-0.1, -0.05) is 0 Å². The smallest absolute Gasteiger partial charge is 0.417 e. The molecule has 0 atom stereocenters. The second-order valence-corrected chi connectivity index (χ2v) is 3.77. The number of benzene rings is 1. The standard InChI is InChI=1S/C12H10F3NO3/c13-12(14,15)9-6-11(17)19-10-5-7(18-4-3-16)1-2-8(9)10/h1-2,5-6H,3-4,16H2. The molecule has 102 valence electrons. The maximum Gasteiger partial charge on any atom is 0.417 e. The molecule has 1 aromatic carbocycles. The Bertz CT molecular complexity index is 649. The third kappa shape index (κ3) is 2.87. The van der Waals surface area contributed by atoms with E-state index < -0.39 is 17.4 Å². The number of halogens is 3. The first kappa shape index (κ1) is 13.4. The highest BCUT2D eigenvalue weighted by molar-refractivity contribution is 5.82. The summed E-state index contributed by atoms with van der Waals surface area (Å²) in [7, 11) is 0. The fourth-order valence-corrected chi connectivity index (χ4v) is 1.64. The van der Waals surface area contributed by atoms with Gasteiger partial charge in [0.05, 0.1) is 5.56 Å². The second-order valence-electron chi connectivity index (χ2n) is 3.77. The highest BCUT2D eigenvalue weighted by Crippen LogP contribution is 2.34. The lowest BCUT2D eigenvalue weighted by molar-refractivity contribution is -0.136. The first-order valence-electron chi connectivity index (χ1n) is 5.40. The summed E-state index contributed by atoms with van der Waals surface area (Å²) < 4.78 is 48.2. The zero-order valence-corrected chi connectivity index (χ0v) is 9.66. The first-order valence-corrected chi connectivity index (χ1v) is 5.40. The highest BCUT2D eigenvalue weighted by Gasteiger charge is 2.33. The summed E-state index contributed by atoms with van der Waals surface area (Å²) >= 11 is 0. The van der Waals surface area contributed by atoms with Crippen LogP contribution in [-0.2, 0) is 6.18 Å². The van der Waals surface area contributed by atoms with Crippen molar-refractivity contribution in [2.75, 3.05) is 13.2 Å². The van der Waals surface area contributed by atoms with E-state index in [1.54, 1.807) is 0 Å². The molecule has 2 N–H and O–H groups in total. The number of hydrogen-bond donors (Lipinski definition) is 1. The van der Waals surface area contributed by atoms with Crippen LogP contribution in [0.15, 0.2) is 33.5 Å². The van der Waals surface area contributed by atoms with Crippen molar-refractivity contribution < 1.29 is 22.3 Å². The summed E-state index contributed by atoms with van der Waals surface area (Å²) in [5.74, 6) is 0.292. The van der Waals surface area contributed by atoms with Crippen LogP contribution < -0.4 is 16.1 Å². The van der Waals surface area contributed by atoms with Crippen LogP contribution in [-0.4, -0.2) is 13.2 Å². The Balaban J connectivity index is 2.58. The maximum absolute atomic E-state index is 12.8. The van der Waals surface area contributed by atoms with Gasteiger partial charge in [-0.3, -0.25) is 0 Å². The van der Waals surface area contributed by atoms with Crippen molar-refractivity contribution in [3.63, 3.8) is 0 Å². The Morgan fingerprint density at radius 2 is 2.00 bits per heavy atom. The zero-order chi connectivity index (χ0) is 14.0. The van der Waals surface area contributed by atoms with Crippen molar-refractivity contribution in [3.05, 3.63) is 40.2 Å². The van der Waals surface area contributed by atoms with Crippen molar-refractivity contribution >= 4 is 11.0 Å². The van der Waals surface area contributed by atoms with Crippen LogP contribution >= 0.6 is 0 Å². The summed E-state index contributed by atoms with van der Waals surface area (Å²) in [5.41, 5.74) is 2.99. The lowest BCUT2D eigenvalue weighted by Gasteiger charge is -2.10. The molecule has 0 amide bonds. The van der Waals surface area contributed by atoms with E-state index in [1.165, 1.54) is 18.2 Å². The largest absolute Gasteiger partial charge is 0.492 e. The predicted octanol–water partition coefficient (Wildman–Crippen LogP) is 2.15. The van der Waals surface area contributed by atoms with Gasteiger partial charge in [0.15, 0.2) is 0 Å². The minimum atomic E-state index is -4.62. The van der Waals surface area contributed by atoms with E-state index >= 15 is 0 Å². The van der Waals surface area contributed by atoms with Crippen molar-refractivity contribution in [2.45, 2.75) is 6.18 Å². The Kier molecular flexibility index (Phi) is 3.48. The van der Waals surface area contributed by atoms with Crippen LogP contribution in [0.5, 0.6) is 5.75 Å². The molecule has 0 radical (unpaired) electrons. The minimum Gasteiger partial charge on any atom is -0.492 e.